The molecule has 0 N–H and O–H groups in total. The number of nitrogens with zero attached hydrogens (tertiary/aromatic N) is 3. The van der Waals surface area contributed by atoms with Gasteiger partial charge in [-0.3, -0.25) is 0 Å². The van der Waals surface area contributed by atoms with Crippen molar-refractivity contribution in [2.24, 2.45) is 0 Å². The lowest BCUT2D eigenvalue weighted by atomic mass is 10.2. The first-order chi connectivity index (χ1) is 11.7. The number of ether oxygens (including phenoxy) is 2. The lowest BCUT2D eigenvalue weighted by Gasteiger charge is -2.11. The van der Waals surface area contributed by atoms with Crippen molar-refractivity contribution in [2.45, 2.75) is 17.7 Å². The first-order valence-corrected chi connectivity index (χ1v) is 8.53. The smallest absolute Gasteiger partial charge is 0.144 e. The summed E-state index contributed by atoms with van der Waals surface area (Å²) in [6.07, 6.45) is 0. The summed E-state index contributed by atoms with van der Waals surface area (Å²) in [5, 5.41) is 9.52. The van der Waals surface area contributed by atoms with Crippen LogP contribution < -0.4 is 9.47 Å². The molecule has 0 unspecified atom stereocenters. The van der Waals surface area contributed by atoms with Crippen LogP contribution in [0.1, 0.15) is 11.3 Å². The van der Waals surface area contributed by atoms with E-state index in [1.807, 2.05) is 43.3 Å². The van der Waals surface area contributed by atoms with Gasteiger partial charge in [-0.15, -0.1) is 5.10 Å². The van der Waals surface area contributed by atoms with E-state index in [9.17, 15) is 0 Å². The van der Waals surface area contributed by atoms with Gasteiger partial charge in [0, 0.05) is 11.8 Å². The third-order valence-corrected chi connectivity index (χ3v) is 4.81. The predicted molar refractivity (Wildman–Crippen MR) is 95.2 cm³/mol. The Labute approximate surface area is 145 Å². The highest BCUT2D eigenvalue weighted by molar-refractivity contribution is 7.98. The molecule has 24 heavy (non-hydrogen) atoms. The normalized spacial score (nSPS) is 10.6. The van der Waals surface area contributed by atoms with E-state index in [4.69, 9.17) is 9.47 Å². The lowest BCUT2D eigenvalue weighted by Crippen LogP contribution is -2.02. The molecule has 2 aromatic carbocycles. The first-order valence-electron chi connectivity index (χ1n) is 7.54. The van der Waals surface area contributed by atoms with Crippen LogP contribution in [0.3, 0.4) is 0 Å². The molecule has 6 heteroatoms. The highest BCUT2D eigenvalue weighted by atomic mass is 32.2. The van der Waals surface area contributed by atoms with Crippen LogP contribution in [0.2, 0.25) is 0 Å². The van der Waals surface area contributed by atoms with Crippen molar-refractivity contribution in [3.63, 3.8) is 0 Å². The topological polar surface area (TPSA) is 49.2 Å². The summed E-state index contributed by atoms with van der Waals surface area (Å²) in [5.74, 6) is 2.33. The molecular weight excluding hydrogens is 322 g/mol. The first kappa shape index (κ1) is 16.4. The maximum atomic E-state index is 5.44. The fourth-order valence-electron chi connectivity index (χ4n) is 2.37. The van der Waals surface area contributed by atoms with Gasteiger partial charge in [-0.2, -0.15) is 0 Å². The fourth-order valence-corrected chi connectivity index (χ4v) is 3.25. The second-order valence-corrected chi connectivity index (χ2v) is 6.17. The standard InChI is InChI=1S/C18H19N3O2S/c1-13-18(24-12-14-7-5-4-6-8-14)19-20-21(13)16-11-15(22-2)9-10-17(16)23-3/h4-11H,12H2,1-3H3. The zero-order valence-electron chi connectivity index (χ0n) is 13.9. The number of benzene rings is 2. The number of methoxy groups -OCH3 is 2. The fraction of sp³-hybridized carbons (Fsp3) is 0.222. The van der Waals surface area contributed by atoms with Crippen molar-refractivity contribution in [1.29, 1.82) is 0 Å². The van der Waals surface area contributed by atoms with E-state index in [2.05, 4.69) is 22.4 Å². The van der Waals surface area contributed by atoms with Gasteiger partial charge in [-0.1, -0.05) is 47.3 Å². The molecule has 0 aliphatic heterocycles. The lowest BCUT2D eigenvalue weighted by molar-refractivity contribution is 0.400. The van der Waals surface area contributed by atoms with E-state index in [0.717, 1.165) is 33.7 Å². The van der Waals surface area contributed by atoms with Crippen molar-refractivity contribution in [2.75, 3.05) is 14.2 Å². The van der Waals surface area contributed by atoms with Crippen LogP contribution in [0, 0.1) is 6.92 Å². The van der Waals surface area contributed by atoms with E-state index in [1.165, 1.54) is 5.56 Å². The van der Waals surface area contributed by atoms with Crippen molar-refractivity contribution in [1.82, 2.24) is 15.0 Å². The van der Waals surface area contributed by atoms with E-state index >= 15 is 0 Å². The van der Waals surface area contributed by atoms with Crippen LogP contribution in [0.15, 0.2) is 53.6 Å². The molecule has 1 heterocycles. The van der Waals surface area contributed by atoms with Gasteiger partial charge < -0.3 is 9.47 Å². The Morgan fingerprint density at radius 2 is 1.83 bits per heavy atom. The Kier molecular flexibility index (Phi) is 5.05. The van der Waals surface area contributed by atoms with Gasteiger partial charge >= 0.3 is 0 Å². The molecule has 3 aromatic rings. The molecule has 1 aromatic heterocycles. The van der Waals surface area contributed by atoms with E-state index in [0.29, 0.717) is 0 Å². The summed E-state index contributed by atoms with van der Waals surface area (Å²) in [6.45, 7) is 2.01. The van der Waals surface area contributed by atoms with Crippen LogP contribution in [0.25, 0.3) is 5.69 Å². The maximum Gasteiger partial charge on any atom is 0.144 e. The number of thioether (sulfide) groups is 1. The molecule has 0 amide bonds. The van der Waals surface area contributed by atoms with Gasteiger partial charge in [0.05, 0.1) is 19.9 Å². The van der Waals surface area contributed by atoms with Gasteiger partial charge in [-0.05, 0) is 24.6 Å². The Balaban J connectivity index is 1.87. The molecule has 0 atom stereocenters. The van der Waals surface area contributed by atoms with Gasteiger partial charge in [-0.25, -0.2) is 4.68 Å². The average molecular weight is 341 g/mol. The monoisotopic (exact) mass is 341 g/mol. The van der Waals surface area contributed by atoms with Gasteiger partial charge in [0.15, 0.2) is 0 Å². The summed E-state index contributed by atoms with van der Waals surface area (Å²) in [5.41, 5.74) is 3.05. The summed E-state index contributed by atoms with van der Waals surface area (Å²) >= 11 is 1.67. The second kappa shape index (κ2) is 7.40. The van der Waals surface area contributed by atoms with Crippen molar-refractivity contribution in [3.05, 3.63) is 59.8 Å². The van der Waals surface area contributed by atoms with Gasteiger partial charge in [0.25, 0.3) is 0 Å². The van der Waals surface area contributed by atoms with Crippen LogP contribution in [-0.4, -0.2) is 29.2 Å². The Morgan fingerprint density at radius 3 is 2.54 bits per heavy atom. The van der Waals surface area contributed by atoms with Gasteiger partial charge in [0.1, 0.15) is 22.2 Å². The summed E-state index contributed by atoms with van der Waals surface area (Å²) in [4.78, 5) is 0. The molecule has 0 saturated heterocycles. The van der Waals surface area contributed by atoms with Crippen molar-refractivity contribution in [3.8, 4) is 17.2 Å². The largest absolute Gasteiger partial charge is 0.497 e. The maximum absolute atomic E-state index is 5.44. The van der Waals surface area contributed by atoms with Gasteiger partial charge in [0.2, 0.25) is 0 Å². The minimum atomic E-state index is 0.725. The second-order valence-electron chi connectivity index (χ2n) is 5.20. The van der Waals surface area contributed by atoms with E-state index in [1.54, 1.807) is 30.7 Å². The molecule has 0 aliphatic rings. The van der Waals surface area contributed by atoms with E-state index < -0.39 is 0 Å². The Morgan fingerprint density at radius 1 is 1.04 bits per heavy atom. The third kappa shape index (κ3) is 3.38. The van der Waals surface area contributed by atoms with Crippen molar-refractivity contribution < 1.29 is 9.47 Å². The SMILES string of the molecule is COc1ccc(OC)c(-n2nnc(SCc3ccccc3)c2C)c1. The molecule has 124 valence electrons. The zero-order chi connectivity index (χ0) is 16.9. The summed E-state index contributed by atoms with van der Waals surface area (Å²) in [6, 6.07) is 15.9. The van der Waals surface area contributed by atoms with Crippen molar-refractivity contribution >= 4 is 11.8 Å². The van der Waals surface area contributed by atoms with Crippen LogP contribution in [0.4, 0.5) is 0 Å². The quantitative estimate of drug-likeness (QED) is 0.637. The van der Waals surface area contributed by atoms with Crippen LogP contribution in [-0.2, 0) is 5.75 Å². The third-order valence-electron chi connectivity index (χ3n) is 3.68. The number of hydrogen-bond donors (Lipinski definition) is 0. The summed E-state index contributed by atoms with van der Waals surface area (Å²) in [7, 11) is 3.28. The molecule has 5 nitrogen and oxygen atoms in total. The number of aromatic nitrogens is 3. The highest BCUT2D eigenvalue weighted by Crippen LogP contribution is 2.31. The molecule has 0 fully saturated rings. The molecule has 0 bridgehead atoms. The van der Waals surface area contributed by atoms with E-state index in [-0.39, 0.29) is 0 Å². The molecule has 3 rings (SSSR count). The van der Waals surface area contributed by atoms with Crippen LogP contribution >= 0.6 is 11.8 Å². The molecule has 0 saturated carbocycles. The molecule has 0 radical (unpaired) electrons. The minimum absolute atomic E-state index is 0.725. The molecular formula is C18H19N3O2S. The Bertz CT molecular complexity index is 818. The minimum Gasteiger partial charge on any atom is -0.497 e. The number of rotatable bonds is 6. The zero-order valence-corrected chi connectivity index (χ0v) is 14.7. The number of hydrogen-bond acceptors (Lipinski definition) is 5. The highest BCUT2D eigenvalue weighted by Gasteiger charge is 2.15. The molecule has 0 spiro atoms. The predicted octanol–water partition coefficient (Wildman–Crippen LogP) is 3.89. The Hall–Kier alpha value is -2.47. The summed E-state index contributed by atoms with van der Waals surface area (Å²) < 4.78 is 12.5. The average Bonchev–Trinajstić information content (AvgIpc) is 3.00. The van der Waals surface area contributed by atoms with Crippen LogP contribution in [0.5, 0.6) is 11.5 Å². The molecule has 0 aliphatic carbocycles.